The SMILES string of the molecule is Cc1oc(CNCC(C)C)cc1CN1CCCCCC1. The minimum absolute atomic E-state index is 0.683. The van der Waals surface area contributed by atoms with E-state index in [9.17, 15) is 0 Å². The largest absolute Gasteiger partial charge is 0.465 e. The second-order valence-corrected chi connectivity index (χ2v) is 6.51. The minimum Gasteiger partial charge on any atom is -0.465 e. The topological polar surface area (TPSA) is 28.4 Å². The van der Waals surface area contributed by atoms with Crippen molar-refractivity contribution in [3.63, 3.8) is 0 Å². The van der Waals surface area contributed by atoms with Gasteiger partial charge >= 0.3 is 0 Å². The van der Waals surface area contributed by atoms with Gasteiger partial charge in [0.1, 0.15) is 11.5 Å². The molecule has 20 heavy (non-hydrogen) atoms. The second-order valence-electron chi connectivity index (χ2n) is 6.51. The van der Waals surface area contributed by atoms with Gasteiger partial charge in [0.25, 0.3) is 0 Å². The molecule has 1 N–H and O–H groups in total. The lowest BCUT2D eigenvalue weighted by Crippen LogP contribution is -2.24. The molecule has 1 aliphatic heterocycles. The quantitative estimate of drug-likeness (QED) is 0.860. The van der Waals surface area contributed by atoms with Crippen LogP contribution in [-0.4, -0.2) is 24.5 Å². The van der Waals surface area contributed by atoms with Crippen LogP contribution in [0.25, 0.3) is 0 Å². The summed E-state index contributed by atoms with van der Waals surface area (Å²) in [5.74, 6) is 2.85. The van der Waals surface area contributed by atoms with Crippen molar-refractivity contribution in [2.24, 2.45) is 5.92 Å². The van der Waals surface area contributed by atoms with E-state index >= 15 is 0 Å². The fraction of sp³-hybridized carbons (Fsp3) is 0.765. The van der Waals surface area contributed by atoms with Gasteiger partial charge in [-0.05, 0) is 51.4 Å². The first-order chi connectivity index (χ1) is 9.65. The maximum atomic E-state index is 5.88. The smallest absolute Gasteiger partial charge is 0.118 e. The number of nitrogens with zero attached hydrogens (tertiary/aromatic N) is 1. The number of rotatable bonds is 6. The highest BCUT2D eigenvalue weighted by Gasteiger charge is 2.13. The molecule has 0 atom stereocenters. The summed E-state index contributed by atoms with van der Waals surface area (Å²) in [6.07, 6.45) is 5.48. The molecule has 3 heteroatoms. The Hall–Kier alpha value is -0.800. The summed E-state index contributed by atoms with van der Waals surface area (Å²) >= 11 is 0. The van der Waals surface area contributed by atoms with Crippen LogP contribution < -0.4 is 5.32 Å². The molecule has 0 aromatic carbocycles. The predicted octanol–water partition coefficient (Wildman–Crippen LogP) is 3.71. The molecule has 3 nitrogen and oxygen atoms in total. The number of furan rings is 1. The molecule has 2 heterocycles. The van der Waals surface area contributed by atoms with Crippen LogP contribution in [0.15, 0.2) is 10.5 Å². The first kappa shape index (κ1) is 15.6. The predicted molar refractivity (Wildman–Crippen MR) is 83.7 cm³/mol. The third-order valence-electron chi connectivity index (χ3n) is 4.02. The van der Waals surface area contributed by atoms with Crippen molar-refractivity contribution in [2.45, 2.75) is 59.5 Å². The van der Waals surface area contributed by atoms with E-state index in [1.54, 1.807) is 0 Å². The molecule has 0 spiro atoms. The average Bonchev–Trinajstić information content (AvgIpc) is 2.61. The van der Waals surface area contributed by atoms with Crippen molar-refractivity contribution < 1.29 is 4.42 Å². The summed E-state index contributed by atoms with van der Waals surface area (Å²) in [6.45, 7) is 12.0. The van der Waals surface area contributed by atoms with E-state index in [-0.39, 0.29) is 0 Å². The Labute approximate surface area is 123 Å². The molecule has 1 fully saturated rings. The van der Waals surface area contributed by atoms with E-state index in [1.165, 1.54) is 44.3 Å². The van der Waals surface area contributed by atoms with Gasteiger partial charge in [0.15, 0.2) is 0 Å². The van der Waals surface area contributed by atoms with E-state index in [4.69, 9.17) is 4.42 Å². The van der Waals surface area contributed by atoms with Gasteiger partial charge in [0.05, 0.1) is 6.54 Å². The van der Waals surface area contributed by atoms with E-state index in [2.05, 4.69) is 37.1 Å². The van der Waals surface area contributed by atoms with Crippen LogP contribution >= 0.6 is 0 Å². The standard InChI is InChI=1S/C17H30N2O/c1-14(2)11-18-12-17-10-16(15(3)20-17)13-19-8-6-4-5-7-9-19/h10,14,18H,4-9,11-13H2,1-3H3. The van der Waals surface area contributed by atoms with E-state index in [0.717, 1.165) is 31.2 Å². The molecule has 0 amide bonds. The van der Waals surface area contributed by atoms with E-state index < -0.39 is 0 Å². The van der Waals surface area contributed by atoms with Gasteiger partial charge < -0.3 is 9.73 Å². The lowest BCUT2D eigenvalue weighted by atomic mass is 10.2. The van der Waals surface area contributed by atoms with Gasteiger partial charge in [-0.25, -0.2) is 0 Å². The summed E-state index contributed by atoms with van der Waals surface area (Å²) in [5.41, 5.74) is 1.37. The zero-order chi connectivity index (χ0) is 14.4. The minimum atomic E-state index is 0.683. The molecule has 1 saturated heterocycles. The lowest BCUT2D eigenvalue weighted by molar-refractivity contribution is 0.275. The lowest BCUT2D eigenvalue weighted by Gasteiger charge is -2.18. The average molecular weight is 278 g/mol. The van der Waals surface area contributed by atoms with Crippen molar-refractivity contribution in [2.75, 3.05) is 19.6 Å². The van der Waals surface area contributed by atoms with Gasteiger partial charge in [-0.15, -0.1) is 0 Å². The van der Waals surface area contributed by atoms with Gasteiger partial charge in [0.2, 0.25) is 0 Å². The zero-order valence-corrected chi connectivity index (χ0v) is 13.4. The van der Waals surface area contributed by atoms with Crippen LogP contribution in [0.2, 0.25) is 0 Å². The van der Waals surface area contributed by atoms with Gasteiger partial charge in [-0.2, -0.15) is 0 Å². The first-order valence-electron chi connectivity index (χ1n) is 8.16. The zero-order valence-electron chi connectivity index (χ0n) is 13.4. The Kier molecular flexibility index (Phi) is 6.11. The van der Waals surface area contributed by atoms with Crippen LogP contribution in [0.5, 0.6) is 0 Å². The van der Waals surface area contributed by atoms with Gasteiger partial charge in [-0.1, -0.05) is 26.7 Å². The number of aryl methyl sites for hydroxylation is 1. The van der Waals surface area contributed by atoms with Crippen LogP contribution in [0.1, 0.15) is 56.6 Å². The molecule has 114 valence electrons. The molecular weight excluding hydrogens is 248 g/mol. The van der Waals surface area contributed by atoms with Crippen molar-refractivity contribution in [1.29, 1.82) is 0 Å². The summed E-state index contributed by atoms with van der Waals surface area (Å²) < 4.78 is 5.88. The van der Waals surface area contributed by atoms with E-state index in [1.807, 2.05) is 0 Å². The Morgan fingerprint density at radius 1 is 1.20 bits per heavy atom. The maximum Gasteiger partial charge on any atom is 0.118 e. The number of hydrogen-bond acceptors (Lipinski definition) is 3. The molecule has 1 aliphatic rings. The fourth-order valence-corrected chi connectivity index (χ4v) is 2.85. The monoisotopic (exact) mass is 278 g/mol. The Morgan fingerprint density at radius 3 is 2.55 bits per heavy atom. The maximum absolute atomic E-state index is 5.88. The number of likely N-dealkylation sites (tertiary alicyclic amines) is 1. The van der Waals surface area contributed by atoms with E-state index in [0.29, 0.717) is 5.92 Å². The van der Waals surface area contributed by atoms with Crippen LogP contribution in [-0.2, 0) is 13.1 Å². The van der Waals surface area contributed by atoms with Crippen LogP contribution in [0.3, 0.4) is 0 Å². The van der Waals surface area contributed by atoms with Crippen molar-refractivity contribution in [3.8, 4) is 0 Å². The molecule has 0 bridgehead atoms. The van der Waals surface area contributed by atoms with Crippen LogP contribution in [0.4, 0.5) is 0 Å². The molecule has 1 aromatic rings. The fourth-order valence-electron chi connectivity index (χ4n) is 2.85. The highest BCUT2D eigenvalue weighted by molar-refractivity contribution is 5.20. The summed E-state index contributed by atoms with van der Waals surface area (Å²) in [7, 11) is 0. The second kappa shape index (κ2) is 7.84. The molecule has 0 radical (unpaired) electrons. The third-order valence-corrected chi connectivity index (χ3v) is 4.02. The molecular formula is C17H30N2O. The molecule has 0 unspecified atom stereocenters. The van der Waals surface area contributed by atoms with Crippen molar-refractivity contribution in [3.05, 3.63) is 23.2 Å². The number of hydrogen-bond donors (Lipinski definition) is 1. The first-order valence-corrected chi connectivity index (χ1v) is 8.16. The summed E-state index contributed by atoms with van der Waals surface area (Å²) in [4.78, 5) is 2.58. The highest BCUT2D eigenvalue weighted by atomic mass is 16.3. The summed E-state index contributed by atoms with van der Waals surface area (Å²) in [5, 5.41) is 3.45. The Morgan fingerprint density at radius 2 is 1.90 bits per heavy atom. The molecule has 2 rings (SSSR count). The normalized spacial score (nSPS) is 17.6. The Balaban J connectivity index is 1.86. The number of nitrogens with one attached hydrogen (secondary N) is 1. The Bertz CT molecular complexity index is 390. The van der Waals surface area contributed by atoms with Crippen molar-refractivity contribution >= 4 is 0 Å². The molecule has 1 aromatic heterocycles. The highest BCUT2D eigenvalue weighted by Crippen LogP contribution is 2.19. The summed E-state index contributed by atoms with van der Waals surface area (Å²) in [6, 6.07) is 2.24. The molecule has 0 saturated carbocycles. The van der Waals surface area contributed by atoms with Crippen LogP contribution in [0, 0.1) is 12.8 Å². The van der Waals surface area contributed by atoms with Crippen molar-refractivity contribution in [1.82, 2.24) is 10.2 Å². The van der Waals surface area contributed by atoms with Gasteiger partial charge in [0, 0.05) is 12.1 Å². The third kappa shape index (κ3) is 4.95. The molecule has 0 aliphatic carbocycles. The van der Waals surface area contributed by atoms with Gasteiger partial charge in [-0.3, -0.25) is 4.90 Å².